The summed E-state index contributed by atoms with van der Waals surface area (Å²) in [5.74, 6) is -0.123. The first kappa shape index (κ1) is 20.3. The van der Waals surface area contributed by atoms with Gasteiger partial charge in [-0.15, -0.1) is 0 Å². The molecule has 1 atom stereocenters. The van der Waals surface area contributed by atoms with Gasteiger partial charge >= 0.3 is 0 Å². The molecule has 1 heterocycles. The standard InChI is InChI=1S/C23H25N3O3/c1-3-18(2)25(23(27)20-11-13-21(14-12-20)26(28)29)17-22-10-7-15-24(22)16-19-8-5-4-6-9-19/h4-15,18H,3,16-17H2,1-2H3. The van der Waals surface area contributed by atoms with Crippen LogP contribution in [0.3, 0.4) is 0 Å². The highest BCUT2D eigenvalue weighted by atomic mass is 16.6. The van der Waals surface area contributed by atoms with E-state index in [4.69, 9.17) is 0 Å². The van der Waals surface area contributed by atoms with Crippen molar-refractivity contribution in [2.75, 3.05) is 0 Å². The maximum atomic E-state index is 13.2. The van der Waals surface area contributed by atoms with Gasteiger partial charge in [0, 0.05) is 42.2 Å². The molecule has 0 radical (unpaired) electrons. The molecule has 1 unspecified atom stereocenters. The topological polar surface area (TPSA) is 68.4 Å². The molecule has 1 amide bonds. The molecular formula is C23H25N3O3. The minimum atomic E-state index is -0.461. The number of carbonyl (C=O) groups is 1. The van der Waals surface area contributed by atoms with E-state index in [2.05, 4.69) is 16.7 Å². The van der Waals surface area contributed by atoms with Crippen molar-refractivity contribution >= 4 is 11.6 Å². The summed E-state index contributed by atoms with van der Waals surface area (Å²) in [7, 11) is 0. The summed E-state index contributed by atoms with van der Waals surface area (Å²) in [6.07, 6.45) is 2.84. The Hall–Kier alpha value is -3.41. The van der Waals surface area contributed by atoms with E-state index in [-0.39, 0.29) is 17.6 Å². The molecule has 2 aromatic carbocycles. The minimum absolute atomic E-state index is 0.0200. The molecule has 0 saturated heterocycles. The monoisotopic (exact) mass is 391 g/mol. The summed E-state index contributed by atoms with van der Waals surface area (Å²) >= 11 is 0. The highest BCUT2D eigenvalue weighted by Gasteiger charge is 2.22. The van der Waals surface area contributed by atoms with Gasteiger partial charge in [-0.05, 0) is 43.2 Å². The fourth-order valence-electron chi connectivity index (χ4n) is 3.24. The minimum Gasteiger partial charge on any atom is -0.345 e. The van der Waals surface area contributed by atoms with E-state index in [0.29, 0.717) is 12.1 Å². The van der Waals surface area contributed by atoms with E-state index in [1.54, 1.807) is 0 Å². The Morgan fingerprint density at radius 2 is 1.76 bits per heavy atom. The smallest absolute Gasteiger partial charge is 0.269 e. The fraction of sp³-hybridized carbons (Fsp3) is 0.261. The summed E-state index contributed by atoms with van der Waals surface area (Å²) in [5, 5.41) is 10.9. The van der Waals surface area contributed by atoms with Crippen molar-refractivity contribution in [3.8, 4) is 0 Å². The quantitative estimate of drug-likeness (QED) is 0.406. The van der Waals surface area contributed by atoms with Crippen LogP contribution in [0.15, 0.2) is 72.9 Å². The Labute approximate surface area is 170 Å². The van der Waals surface area contributed by atoms with E-state index in [1.807, 2.05) is 55.3 Å². The zero-order valence-electron chi connectivity index (χ0n) is 16.7. The van der Waals surface area contributed by atoms with Gasteiger partial charge in [0.25, 0.3) is 11.6 Å². The van der Waals surface area contributed by atoms with Crippen molar-refractivity contribution in [1.29, 1.82) is 0 Å². The molecule has 0 saturated carbocycles. The zero-order chi connectivity index (χ0) is 20.8. The summed E-state index contributed by atoms with van der Waals surface area (Å²) in [4.78, 5) is 25.4. The van der Waals surface area contributed by atoms with Crippen molar-refractivity contribution in [3.05, 3.63) is 99.9 Å². The number of nitro groups is 1. The predicted molar refractivity (Wildman–Crippen MR) is 113 cm³/mol. The summed E-state index contributed by atoms with van der Waals surface area (Å²) in [5.41, 5.74) is 2.68. The molecule has 29 heavy (non-hydrogen) atoms. The number of hydrogen-bond acceptors (Lipinski definition) is 3. The third kappa shape index (κ3) is 4.90. The van der Waals surface area contributed by atoms with Gasteiger partial charge in [-0.1, -0.05) is 37.3 Å². The van der Waals surface area contributed by atoms with Crippen molar-refractivity contribution in [2.45, 2.75) is 39.4 Å². The molecule has 0 aliphatic heterocycles. The van der Waals surface area contributed by atoms with Crippen LogP contribution < -0.4 is 0 Å². The molecule has 0 aliphatic rings. The number of nitro benzene ring substituents is 1. The third-order valence-corrected chi connectivity index (χ3v) is 5.16. The Bertz CT molecular complexity index is 965. The molecule has 0 fully saturated rings. The first-order chi connectivity index (χ1) is 14.0. The van der Waals surface area contributed by atoms with E-state index >= 15 is 0 Å². The molecule has 6 heteroatoms. The number of non-ortho nitro benzene ring substituents is 1. The average molecular weight is 391 g/mol. The lowest BCUT2D eigenvalue weighted by Gasteiger charge is -2.29. The maximum absolute atomic E-state index is 13.2. The first-order valence-electron chi connectivity index (χ1n) is 9.73. The molecule has 6 nitrogen and oxygen atoms in total. The van der Waals surface area contributed by atoms with Crippen LogP contribution in [0.5, 0.6) is 0 Å². The van der Waals surface area contributed by atoms with Gasteiger partial charge in [0.2, 0.25) is 0 Å². The van der Waals surface area contributed by atoms with Crippen LogP contribution >= 0.6 is 0 Å². The molecule has 0 bridgehead atoms. The average Bonchev–Trinajstić information content (AvgIpc) is 3.18. The molecule has 0 N–H and O–H groups in total. The molecular weight excluding hydrogens is 366 g/mol. The van der Waals surface area contributed by atoms with E-state index in [0.717, 1.165) is 18.7 Å². The van der Waals surface area contributed by atoms with E-state index in [1.165, 1.54) is 29.8 Å². The predicted octanol–water partition coefficient (Wildman–Crippen LogP) is 4.89. The van der Waals surface area contributed by atoms with Gasteiger partial charge in [-0.3, -0.25) is 14.9 Å². The number of amides is 1. The van der Waals surface area contributed by atoms with Crippen LogP contribution in [0, 0.1) is 10.1 Å². The number of hydrogen-bond donors (Lipinski definition) is 0. The lowest BCUT2D eigenvalue weighted by Crippen LogP contribution is -2.38. The van der Waals surface area contributed by atoms with E-state index < -0.39 is 4.92 Å². The second-order valence-corrected chi connectivity index (χ2v) is 7.11. The number of rotatable bonds is 8. The summed E-state index contributed by atoms with van der Waals surface area (Å²) in [6.45, 7) is 5.28. The first-order valence-corrected chi connectivity index (χ1v) is 9.73. The Balaban J connectivity index is 1.82. The fourth-order valence-corrected chi connectivity index (χ4v) is 3.24. The van der Waals surface area contributed by atoms with Crippen LogP contribution in [0.1, 0.15) is 41.9 Å². The lowest BCUT2D eigenvalue weighted by atomic mass is 10.1. The summed E-state index contributed by atoms with van der Waals surface area (Å²) < 4.78 is 2.15. The van der Waals surface area contributed by atoms with Crippen LogP contribution in [0.2, 0.25) is 0 Å². The molecule has 3 rings (SSSR count). The number of carbonyl (C=O) groups excluding carboxylic acids is 1. The van der Waals surface area contributed by atoms with E-state index in [9.17, 15) is 14.9 Å². The Kier molecular flexibility index (Phi) is 6.44. The van der Waals surface area contributed by atoms with Crippen LogP contribution in [-0.2, 0) is 13.1 Å². The molecule has 1 aromatic heterocycles. The molecule has 0 spiro atoms. The second kappa shape index (κ2) is 9.19. The zero-order valence-corrected chi connectivity index (χ0v) is 16.7. The van der Waals surface area contributed by atoms with Gasteiger partial charge in [0.1, 0.15) is 0 Å². The van der Waals surface area contributed by atoms with Gasteiger partial charge in [0.05, 0.1) is 11.5 Å². The molecule has 3 aromatic rings. The highest BCUT2D eigenvalue weighted by Crippen LogP contribution is 2.19. The van der Waals surface area contributed by atoms with Crippen molar-refractivity contribution in [1.82, 2.24) is 9.47 Å². The van der Waals surface area contributed by atoms with Crippen molar-refractivity contribution in [3.63, 3.8) is 0 Å². The van der Waals surface area contributed by atoms with Gasteiger partial charge in [0.15, 0.2) is 0 Å². The van der Waals surface area contributed by atoms with Crippen molar-refractivity contribution < 1.29 is 9.72 Å². The molecule has 150 valence electrons. The van der Waals surface area contributed by atoms with Crippen molar-refractivity contribution in [2.24, 2.45) is 0 Å². The summed E-state index contributed by atoms with van der Waals surface area (Å²) in [6, 6.07) is 20.1. The highest BCUT2D eigenvalue weighted by molar-refractivity contribution is 5.94. The van der Waals surface area contributed by atoms with Crippen LogP contribution in [0.25, 0.3) is 0 Å². The van der Waals surface area contributed by atoms with Crippen LogP contribution in [0.4, 0.5) is 5.69 Å². The lowest BCUT2D eigenvalue weighted by molar-refractivity contribution is -0.384. The normalized spacial score (nSPS) is 11.8. The molecule has 0 aliphatic carbocycles. The Morgan fingerprint density at radius 3 is 2.38 bits per heavy atom. The maximum Gasteiger partial charge on any atom is 0.269 e. The van der Waals surface area contributed by atoms with Gasteiger partial charge in [-0.2, -0.15) is 0 Å². The third-order valence-electron chi connectivity index (χ3n) is 5.16. The second-order valence-electron chi connectivity index (χ2n) is 7.11. The number of aromatic nitrogens is 1. The van der Waals surface area contributed by atoms with Gasteiger partial charge in [-0.25, -0.2) is 0 Å². The van der Waals surface area contributed by atoms with Crippen LogP contribution in [-0.4, -0.2) is 26.3 Å². The Morgan fingerprint density at radius 1 is 1.07 bits per heavy atom. The number of benzene rings is 2. The SMILES string of the molecule is CCC(C)N(Cc1cccn1Cc1ccccc1)C(=O)c1ccc([N+](=O)[O-])cc1. The van der Waals surface area contributed by atoms with Gasteiger partial charge < -0.3 is 9.47 Å². The number of nitrogens with zero attached hydrogens (tertiary/aromatic N) is 3. The largest absolute Gasteiger partial charge is 0.345 e.